The Morgan fingerprint density at radius 1 is 0.450 bits per heavy atom. The monoisotopic (exact) mass is 776 g/mol. The molecule has 12 rings (SSSR count). The minimum absolute atomic E-state index is 0.0337. The van der Waals surface area contributed by atoms with Crippen molar-refractivity contribution in [2.24, 2.45) is 0 Å². The molecule has 1 aromatic heterocycles. The molecule has 60 heavy (non-hydrogen) atoms. The lowest BCUT2D eigenvalue weighted by atomic mass is 9.62. The molecule has 2 aliphatic rings. The first-order chi connectivity index (χ1) is 30.7. The van der Waals surface area contributed by atoms with Gasteiger partial charge in [0.2, 0.25) is 0 Å². The summed E-state index contributed by atoms with van der Waals surface area (Å²) in [6.07, 6.45) is 2.10. The summed E-state index contributed by atoms with van der Waals surface area (Å²) in [6, 6.07) is 47.0. The standard InChI is InChI=1S/C59H48O/c1-57(2)30-31-58(3,4)51-34-48(46(33-50(51)57)44-24-15-23-43-38-18-13-14-25-49(38)59(5,6)55(43)44)54-41-21-11-9-19-39(41)53(40-20-10-12-22-42(40)54)36-27-29-52-47(32-36)45-28-26-35-16-7-8-17-37(35)56(45)60-52/h7-29,32-34H,30-31H2,1-6H3/i9D,11D,19D,21D. The van der Waals surface area contributed by atoms with Crippen molar-refractivity contribution < 1.29 is 9.90 Å². The Hall–Kier alpha value is -6.44. The van der Waals surface area contributed by atoms with Crippen LogP contribution in [0.3, 0.4) is 0 Å². The lowest BCUT2D eigenvalue weighted by Gasteiger charge is -2.43. The molecular weight excluding hydrogens is 725 g/mol. The van der Waals surface area contributed by atoms with Crippen molar-refractivity contribution in [1.29, 1.82) is 0 Å². The molecule has 1 heteroatoms. The van der Waals surface area contributed by atoms with E-state index in [0.29, 0.717) is 10.8 Å². The first-order valence-corrected chi connectivity index (χ1v) is 21.4. The fourth-order valence-corrected chi connectivity index (χ4v) is 11.2. The van der Waals surface area contributed by atoms with E-state index in [9.17, 15) is 5.48 Å². The van der Waals surface area contributed by atoms with Gasteiger partial charge in [-0.2, -0.15) is 0 Å². The third-order valence-electron chi connectivity index (χ3n) is 14.4. The van der Waals surface area contributed by atoms with Gasteiger partial charge >= 0.3 is 0 Å². The zero-order valence-corrected chi connectivity index (χ0v) is 35.0. The maximum absolute atomic E-state index is 9.91. The molecule has 0 saturated carbocycles. The third-order valence-corrected chi connectivity index (χ3v) is 14.4. The van der Waals surface area contributed by atoms with Gasteiger partial charge in [0.25, 0.3) is 0 Å². The van der Waals surface area contributed by atoms with Crippen molar-refractivity contribution in [3.63, 3.8) is 0 Å². The first kappa shape index (κ1) is 31.5. The van der Waals surface area contributed by atoms with Gasteiger partial charge < -0.3 is 4.42 Å². The topological polar surface area (TPSA) is 13.1 Å². The quantitative estimate of drug-likeness (QED) is 0.163. The molecule has 2 aliphatic carbocycles. The summed E-state index contributed by atoms with van der Waals surface area (Å²) >= 11 is 0. The van der Waals surface area contributed by atoms with Crippen LogP contribution in [0.4, 0.5) is 0 Å². The molecule has 1 nitrogen and oxygen atoms in total. The second-order valence-corrected chi connectivity index (χ2v) is 19.1. The van der Waals surface area contributed by atoms with E-state index < -0.39 is 0 Å². The molecule has 0 spiro atoms. The lowest BCUT2D eigenvalue weighted by molar-refractivity contribution is 0.332. The maximum atomic E-state index is 9.91. The molecule has 0 saturated heterocycles. The minimum atomic E-state index is -0.288. The van der Waals surface area contributed by atoms with Gasteiger partial charge in [-0.05, 0) is 148 Å². The second-order valence-electron chi connectivity index (χ2n) is 19.1. The van der Waals surface area contributed by atoms with Gasteiger partial charge in [-0.1, -0.05) is 169 Å². The van der Waals surface area contributed by atoms with Gasteiger partial charge in [-0.3, -0.25) is 0 Å². The molecule has 0 bridgehead atoms. The molecule has 1 heterocycles. The average molecular weight is 777 g/mol. The van der Waals surface area contributed by atoms with Crippen LogP contribution < -0.4 is 0 Å². The number of rotatable bonds is 3. The molecule has 0 amide bonds. The summed E-state index contributed by atoms with van der Waals surface area (Å²) in [4.78, 5) is 0. The Labute approximate surface area is 357 Å². The summed E-state index contributed by atoms with van der Waals surface area (Å²) in [5.41, 5.74) is 14.6. The van der Waals surface area contributed by atoms with Crippen LogP contribution in [0.1, 0.15) is 82.1 Å². The van der Waals surface area contributed by atoms with Crippen LogP contribution in [0.5, 0.6) is 0 Å². The normalized spacial score (nSPS) is 17.0. The molecular formula is C59H48O. The van der Waals surface area contributed by atoms with E-state index in [1.165, 1.54) is 33.4 Å². The van der Waals surface area contributed by atoms with Crippen molar-refractivity contribution in [1.82, 2.24) is 0 Å². The number of benzene rings is 9. The molecule has 0 N–H and O–H groups in total. The number of fused-ring (bicyclic) bond motifs is 11. The number of hydrogen-bond donors (Lipinski definition) is 0. The van der Waals surface area contributed by atoms with Crippen LogP contribution in [0.15, 0.2) is 162 Å². The fraction of sp³-hybridized carbons (Fsp3) is 0.186. The van der Waals surface area contributed by atoms with Crippen LogP contribution in [0, 0.1) is 0 Å². The molecule has 290 valence electrons. The van der Waals surface area contributed by atoms with Gasteiger partial charge in [0.15, 0.2) is 0 Å². The molecule has 0 radical (unpaired) electrons. The molecule has 0 unspecified atom stereocenters. The van der Waals surface area contributed by atoms with Gasteiger partial charge in [-0.25, -0.2) is 0 Å². The third kappa shape index (κ3) is 4.87. The van der Waals surface area contributed by atoms with Crippen molar-refractivity contribution in [2.75, 3.05) is 0 Å². The Morgan fingerprint density at radius 2 is 1.05 bits per heavy atom. The number of hydrogen-bond acceptors (Lipinski definition) is 1. The zero-order valence-electron chi connectivity index (χ0n) is 39.0. The molecule has 0 atom stereocenters. The summed E-state index contributed by atoms with van der Waals surface area (Å²) in [6.45, 7) is 14.1. The molecule has 0 fully saturated rings. The minimum Gasteiger partial charge on any atom is -0.455 e. The summed E-state index contributed by atoms with van der Waals surface area (Å²) in [5, 5.41) is 7.06. The van der Waals surface area contributed by atoms with E-state index >= 15 is 0 Å². The highest BCUT2D eigenvalue weighted by Gasteiger charge is 2.41. The summed E-state index contributed by atoms with van der Waals surface area (Å²) in [7, 11) is 0. The maximum Gasteiger partial charge on any atom is 0.143 e. The van der Waals surface area contributed by atoms with Crippen molar-refractivity contribution in [3.8, 4) is 44.5 Å². The van der Waals surface area contributed by atoms with Gasteiger partial charge in [0, 0.05) is 21.6 Å². The Bertz CT molecular complexity index is 3700. The molecule has 0 aliphatic heterocycles. The van der Waals surface area contributed by atoms with Crippen LogP contribution in [0.2, 0.25) is 0 Å². The fourth-order valence-electron chi connectivity index (χ4n) is 11.2. The molecule has 9 aromatic carbocycles. The van der Waals surface area contributed by atoms with E-state index in [-0.39, 0.29) is 40.4 Å². The van der Waals surface area contributed by atoms with Crippen LogP contribution in [0.25, 0.3) is 98.8 Å². The average Bonchev–Trinajstić information content (AvgIpc) is 3.79. The summed E-state index contributed by atoms with van der Waals surface area (Å²) in [5.74, 6) is 0. The Kier molecular flexibility index (Phi) is 6.46. The largest absolute Gasteiger partial charge is 0.455 e. The van der Waals surface area contributed by atoms with Crippen molar-refractivity contribution in [3.05, 3.63) is 180 Å². The lowest BCUT2D eigenvalue weighted by Crippen LogP contribution is -2.34. The Balaban J connectivity index is 1.24. The van der Waals surface area contributed by atoms with E-state index in [1.807, 2.05) is 24.3 Å². The van der Waals surface area contributed by atoms with Gasteiger partial charge in [-0.15, -0.1) is 0 Å². The predicted octanol–water partition coefficient (Wildman–Crippen LogP) is 16.7. The van der Waals surface area contributed by atoms with Crippen LogP contribution in [-0.2, 0) is 16.2 Å². The first-order valence-electron chi connectivity index (χ1n) is 23.4. The highest BCUT2D eigenvalue weighted by molar-refractivity contribution is 6.24. The molecule has 10 aromatic rings. The smallest absolute Gasteiger partial charge is 0.143 e. The van der Waals surface area contributed by atoms with E-state index in [4.69, 9.17) is 4.42 Å². The second kappa shape index (κ2) is 12.3. The predicted molar refractivity (Wildman–Crippen MR) is 255 cm³/mol. The highest BCUT2D eigenvalue weighted by Crippen LogP contribution is 2.57. The SMILES string of the molecule is [2H]c1c([2H])c([2H])c2c(-c3cc4c(cc3-c3cccc5c3C(C)(C)c3ccccc3-5)C(C)(C)CCC4(C)C)c3ccccc3c(-c3ccc4oc5c6ccccc6ccc5c4c3)c2c1[2H]. The van der Waals surface area contributed by atoms with Gasteiger partial charge in [0.05, 0.1) is 5.48 Å². The van der Waals surface area contributed by atoms with Gasteiger partial charge in [0.1, 0.15) is 11.2 Å². The van der Waals surface area contributed by atoms with E-state index in [1.54, 1.807) is 0 Å². The summed E-state index contributed by atoms with van der Waals surface area (Å²) < 4.78 is 44.7. The van der Waals surface area contributed by atoms with E-state index in [0.717, 1.165) is 89.7 Å². The van der Waals surface area contributed by atoms with Crippen molar-refractivity contribution >= 4 is 54.3 Å². The van der Waals surface area contributed by atoms with Crippen LogP contribution >= 0.6 is 0 Å². The zero-order chi connectivity index (χ0) is 44.2. The highest BCUT2D eigenvalue weighted by atomic mass is 16.3. The number of furan rings is 1. The Morgan fingerprint density at radius 3 is 1.80 bits per heavy atom. The van der Waals surface area contributed by atoms with Crippen molar-refractivity contribution in [2.45, 2.75) is 70.6 Å². The van der Waals surface area contributed by atoms with E-state index in [2.05, 4.69) is 151 Å². The van der Waals surface area contributed by atoms with Crippen LogP contribution in [-0.4, -0.2) is 0 Å².